The van der Waals surface area contributed by atoms with Crippen LogP contribution in [-0.4, -0.2) is 14.9 Å². The quantitative estimate of drug-likeness (QED) is 0.740. The van der Waals surface area contributed by atoms with Gasteiger partial charge in [0.1, 0.15) is 0 Å². The van der Waals surface area contributed by atoms with Gasteiger partial charge in [0.2, 0.25) is 0 Å². The molecule has 3 heteroatoms. The van der Waals surface area contributed by atoms with Gasteiger partial charge < -0.3 is 5.11 Å². The molecule has 0 bridgehead atoms. The lowest BCUT2D eigenvalue weighted by Crippen LogP contribution is -2.06. The number of rotatable bonds is 7. The fraction of sp³-hybridized carbons (Fsp3) is 0.786. The number of aryl methyl sites for hydroxylation is 2. The van der Waals surface area contributed by atoms with Gasteiger partial charge >= 0.3 is 0 Å². The second-order valence-corrected chi connectivity index (χ2v) is 4.62. The average molecular weight is 238 g/mol. The monoisotopic (exact) mass is 238 g/mol. The van der Waals surface area contributed by atoms with Crippen molar-refractivity contribution in [2.45, 2.75) is 72.4 Å². The highest BCUT2D eigenvalue weighted by atomic mass is 16.3. The molecule has 1 heterocycles. The van der Waals surface area contributed by atoms with Crippen molar-refractivity contribution in [3.8, 4) is 0 Å². The van der Waals surface area contributed by atoms with E-state index in [1.54, 1.807) is 0 Å². The normalized spacial score (nSPS) is 13.0. The van der Waals surface area contributed by atoms with Gasteiger partial charge in [0.25, 0.3) is 0 Å². The van der Waals surface area contributed by atoms with Gasteiger partial charge in [-0.3, -0.25) is 4.68 Å². The summed E-state index contributed by atoms with van der Waals surface area (Å²) in [7, 11) is 0. The van der Waals surface area contributed by atoms with Crippen LogP contribution in [0.5, 0.6) is 0 Å². The van der Waals surface area contributed by atoms with Gasteiger partial charge in [-0.15, -0.1) is 0 Å². The van der Waals surface area contributed by atoms with Crippen LogP contribution in [0.3, 0.4) is 0 Å². The van der Waals surface area contributed by atoms with Crippen LogP contribution in [0.25, 0.3) is 0 Å². The predicted molar refractivity (Wildman–Crippen MR) is 71.1 cm³/mol. The third-order valence-corrected chi connectivity index (χ3v) is 3.24. The molecule has 0 amide bonds. The number of hydrogen-bond acceptors (Lipinski definition) is 2. The minimum absolute atomic E-state index is 0.403. The Morgan fingerprint density at radius 3 is 2.35 bits per heavy atom. The van der Waals surface area contributed by atoms with Gasteiger partial charge in [0, 0.05) is 17.8 Å². The first-order valence-corrected chi connectivity index (χ1v) is 6.92. The second kappa shape index (κ2) is 6.80. The Bertz CT molecular complexity index is 342. The van der Waals surface area contributed by atoms with Gasteiger partial charge in [-0.25, -0.2) is 0 Å². The molecule has 17 heavy (non-hydrogen) atoms. The van der Waals surface area contributed by atoms with Crippen LogP contribution >= 0.6 is 0 Å². The first-order chi connectivity index (χ1) is 8.15. The number of nitrogens with zero attached hydrogens (tertiary/aromatic N) is 2. The van der Waals surface area contributed by atoms with E-state index in [1.165, 1.54) is 25.0 Å². The van der Waals surface area contributed by atoms with Crippen molar-refractivity contribution < 1.29 is 5.11 Å². The first kappa shape index (κ1) is 14.2. The van der Waals surface area contributed by atoms with Crippen molar-refractivity contribution in [2.24, 2.45) is 0 Å². The van der Waals surface area contributed by atoms with E-state index in [2.05, 4.69) is 30.6 Å². The molecule has 1 aromatic rings. The summed E-state index contributed by atoms with van der Waals surface area (Å²) in [5.41, 5.74) is 3.34. The zero-order valence-corrected chi connectivity index (χ0v) is 11.7. The first-order valence-electron chi connectivity index (χ1n) is 6.92. The Hall–Kier alpha value is -0.830. The van der Waals surface area contributed by atoms with Crippen molar-refractivity contribution in [3.05, 3.63) is 17.0 Å². The average Bonchev–Trinajstić information content (AvgIpc) is 2.67. The summed E-state index contributed by atoms with van der Waals surface area (Å²) in [6, 6.07) is 0. The van der Waals surface area contributed by atoms with Crippen molar-refractivity contribution in [1.29, 1.82) is 0 Å². The molecule has 1 rings (SSSR count). The summed E-state index contributed by atoms with van der Waals surface area (Å²) >= 11 is 0. The standard InChI is InChI=1S/C14H26N2O/c1-5-8-9-10-16-13(7-3)14(11(4)17)12(6-2)15-16/h11,17H,5-10H2,1-4H3. The molecular formula is C14H26N2O. The topological polar surface area (TPSA) is 38.0 Å². The third kappa shape index (κ3) is 3.32. The van der Waals surface area contributed by atoms with Crippen molar-refractivity contribution in [2.75, 3.05) is 0 Å². The molecule has 1 N–H and O–H groups in total. The van der Waals surface area contributed by atoms with Gasteiger partial charge in [-0.05, 0) is 26.2 Å². The molecule has 0 saturated heterocycles. The lowest BCUT2D eigenvalue weighted by atomic mass is 10.0. The van der Waals surface area contributed by atoms with Crippen LogP contribution in [0.4, 0.5) is 0 Å². The Morgan fingerprint density at radius 1 is 1.18 bits per heavy atom. The summed E-state index contributed by atoms with van der Waals surface area (Å²) in [6.45, 7) is 9.27. The molecule has 3 nitrogen and oxygen atoms in total. The number of unbranched alkanes of at least 4 members (excludes halogenated alkanes) is 2. The molecule has 1 unspecified atom stereocenters. The van der Waals surface area contributed by atoms with Gasteiger partial charge in [-0.2, -0.15) is 5.10 Å². The fourth-order valence-corrected chi connectivity index (χ4v) is 2.38. The Balaban J connectivity index is 2.96. The number of aliphatic hydroxyl groups excluding tert-OH is 1. The maximum Gasteiger partial charge on any atom is 0.0798 e. The number of aliphatic hydroxyl groups is 1. The highest BCUT2D eigenvalue weighted by molar-refractivity contribution is 5.28. The van der Waals surface area contributed by atoms with Crippen LogP contribution in [0.2, 0.25) is 0 Å². The molecule has 0 aromatic carbocycles. The van der Waals surface area contributed by atoms with E-state index in [0.717, 1.165) is 30.6 Å². The van der Waals surface area contributed by atoms with Crippen LogP contribution in [0.15, 0.2) is 0 Å². The summed E-state index contributed by atoms with van der Waals surface area (Å²) in [4.78, 5) is 0. The van der Waals surface area contributed by atoms with Crippen LogP contribution in [0, 0.1) is 0 Å². The van der Waals surface area contributed by atoms with E-state index in [-0.39, 0.29) is 0 Å². The molecule has 0 spiro atoms. The minimum Gasteiger partial charge on any atom is -0.389 e. The zero-order valence-electron chi connectivity index (χ0n) is 11.7. The van der Waals surface area contributed by atoms with E-state index >= 15 is 0 Å². The lowest BCUT2D eigenvalue weighted by Gasteiger charge is -2.09. The van der Waals surface area contributed by atoms with E-state index in [0.29, 0.717) is 0 Å². The Kier molecular flexibility index (Phi) is 5.69. The SMILES string of the molecule is CCCCCn1nc(CC)c(C(C)O)c1CC. The molecule has 1 atom stereocenters. The lowest BCUT2D eigenvalue weighted by molar-refractivity contribution is 0.197. The molecule has 0 aliphatic heterocycles. The van der Waals surface area contributed by atoms with Crippen molar-refractivity contribution >= 4 is 0 Å². The highest BCUT2D eigenvalue weighted by Gasteiger charge is 2.18. The smallest absolute Gasteiger partial charge is 0.0798 e. The molecule has 0 fully saturated rings. The van der Waals surface area contributed by atoms with E-state index in [4.69, 9.17) is 0 Å². The number of aromatic nitrogens is 2. The van der Waals surface area contributed by atoms with E-state index in [9.17, 15) is 5.11 Å². The largest absolute Gasteiger partial charge is 0.389 e. The molecule has 1 aromatic heterocycles. The zero-order chi connectivity index (χ0) is 12.8. The van der Waals surface area contributed by atoms with Crippen LogP contribution < -0.4 is 0 Å². The number of hydrogen-bond donors (Lipinski definition) is 1. The summed E-state index contributed by atoms with van der Waals surface area (Å²) in [5.74, 6) is 0. The summed E-state index contributed by atoms with van der Waals surface area (Å²) < 4.78 is 2.11. The molecule has 0 saturated carbocycles. The molecule has 0 aliphatic rings. The maximum atomic E-state index is 9.88. The third-order valence-electron chi connectivity index (χ3n) is 3.24. The van der Waals surface area contributed by atoms with E-state index < -0.39 is 6.10 Å². The molecular weight excluding hydrogens is 212 g/mol. The van der Waals surface area contributed by atoms with Gasteiger partial charge in [-0.1, -0.05) is 33.6 Å². The van der Waals surface area contributed by atoms with Gasteiger partial charge in [0.05, 0.1) is 11.8 Å². The summed E-state index contributed by atoms with van der Waals surface area (Å²) in [5, 5.41) is 14.5. The van der Waals surface area contributed by atoms with E-state index in [1.807, 2.05) is 6.92 Å². The minimum atomic E-state index is -0.403. The fourth-order valence-electron chi connectivity index (χ4n) is 2.38. The molecule has 0 aliphatic carbocycles. The van der Waals surface area contributed by atoms with Crippen LogP contribution in [-0.2, 0) is 19.4 Å². The molecule has 0 radical (unpaired) electrons. The van der Waals surface area contributed by atoms with Crippen molar-refractivity contribution in [3.63, 3.8) is 0 Å². The highest BCUT2D eigenvalue weighted by Crippen LogP contribution is 2.23. The summed E-state index contributed by atoms with van der Waals surface area (Å²) in [6.07, 6.45) is 5.09. The second-order valence-electron chi connectivity index (χ2n) is 4.62. The Labute approximate surface area is 105 Å². The van der Waals surface area contributed by atoms with Gasteiger partial charge in [0.15, 0.2) is 0 Å². The Morgan fingerprint density at radius 2 is 1.88 bits per heavy atom. The van der Waals surface area contributed by atoms with Crippen molar-refractivity contribution in [1.82, 2.24) is 9.78 Å². The maximum absolute atomic E-state index is 9.88. The predicted octanol–water partition coefficient (Wildman–Crippen LogP) is 3.25. The van der Waals surface area contributed by atoms with Crippen LogP contribution in [0.1, 0.15) is 70.0 Å². The molecule has 98 valence electrons.